The van der Waals surface area contributed by atoms with Crippen LogP contribution in [-0.4, -0.2) is 42.5 Å². The van der Waals surface area contributed by atoms with Crippen molar-refractivity contribution in [3.63, 3.8) is 0 Å². The van der Waals surface area contributed by atoms with Gasteiger partial charge in [0, 0.05) is 13.5 Å². The zero-order valence-electron chi connectivity index (χ0n) is 12.2. The number of anilines is 1. The van der Waals surface area contributed by atoms with Gasteiger partial charge in [-0.25, -0.2) is 0 Å². The van der Waals surface area contributed by atoms with Gasteiger partial charge in [-0.3, -0.25) is 15.2 Å². The molecule has 0 unspecified atom stereocenters. The predicted octanol–water partition coefficient (Wildman–Crippen LogP) is 2.59. The maximum atomic E-state index is 12.0. The summed E-state index contributed by atoms with van der Waals surface area (Å²) in [5.41, 5.74) is 4.01. The standard InChI is InChI=1S/C15H25N3O/c1-4-18(5-2)13-9-12-15(19)17(3)16-14-10-7-6-8-11-14/h6-8,10-11,16H,4-5,9,12-13H2,1-3H3. The first kappa shape index (κ1) is 15.5. The summed E-state index contributed by atoms with van der Waals surface area (Å²) in [7, 11) is 1.77. The lowest BCUT2D eigenvalue weighted by molar-refractivity contribution is -0.128. The molecule has 0 bridgehead atoms. The third kappa shape index (κ3) is 5.75. The number of nitrogens with zero attached hydrogens (tertiary/aromatic N) is 2. The molecule has 1 N–H and O–H groups in total. The highest BCUT2D eigenvalue weighted by molar-refractivity contribution is 5.77. The normalized spacial score (nSPS) is 10.5. The molecule has 1 aromatic rings. The molecule has 0 spiro atoms. The molecular formula is C15H25N3O. The Labute approximate surface area is 116 Å². The van der Waals surface area contributed by atoms with Crippen molar-refractivity contribution in [1.82, 2.24) is 9.91 Å². The topological polar surface area (TPSA) is 35.6 Å². The fourth-order valence-corrected chi connectivity index (χ4v) is 1.93. The van der Waals surface area contributed by atoms with Crippen molar-refractivity contribution in [2.45, 2.75) is 26.7 Å². The Hall–Kier alpha value is -1.55. The van der Waals surface area contributed by atoms with Gasteiger partial charge in [0.15, 0.2) is 0 Å². The fraction of sp³-hybridized carbons (Fsp3) is 0.533. The molecule has 4 nitrogen and oxygen atoms in total. The number of amides is 1. The molecule has 1 amide bonds. The molecule has 1 rings (SSSR count). The third-order valence-corrected chi connectivity index (χ3v) is 3.20. The van der Waals surface area contributed by atoms with E-state index >= 15 is 0 Å². The van der Waals surface area contributed by atoms with Crippen LogP contribution in [0.4, 0.5) is 5.69 Å². The van der Waals surface area contributed by atoms with Gasteiger partial charge in [-0.05, 0) is 38.2 Å². The second-order valence-corrected chi connectivity index (χ2v) is 4.56. The monoisotopic (exact) mass is 263 g/mol. The number of hydrogen-bond acceptors (Lipinski definition) is 3. The summed E-state index contributed by atoms with van der Waals surface area (Å²) in [4.78, 5) is 14.3. The van der Waals surface area contributed by atoms with Gasteiger partial charge in [0.25, 0.3) is 0 Å². The summed E-state index contributed by atoms with van der Waals surface area (Å²) in [5.74, 6) is 0.121. The summed E-state index contributed by atoms with van der Waals surface area (Å²) in [6, 6.07) is 9.73. The van der Waals surface area contributed by atoms with Gasteiger partial charge < -0.3 is 4.90 Å². The minimum absolute atomic E-state index is 0.121. The molecule has 1 aromatic carbocycles. The molecule has 19 heavy (non-hydrogen) atoms. The summed E-state index contributed by atoms with van der Waals surface area (Å²) in [5, 5.41) is 1.57. The van der Waals surface area contributed by atoms with Crippen LogP contribution in [0.25, 0.3) is 0 Å². The van der Waals surface area contributed by atoms with Crippen LogP contribution < -0.4 is 5.43 Å². The van der Waals surface area contributed by atoms with Crippen LogP contribution in [0.15, 0.2) is 30.3 Å². The predicted molar refractivity (Wildman–Crippen MR) is 79.9 cm³/mol. The molecule has 0 saturated carbocycles. The van der Waals surface area contributed by atoms with E-state index in [9.17, 15) is 4.79 Å². The quantitative estimate of drug-likeness (QED) is 0.732. The number of hydrazine groups is 1. The first-order valence-corrected chi connectivity index (χ1v) is 6.98. The molecule has 0 aliphatic carbocycles. The number of rotatable bonds is 8. The molecule has 4 heteroatoms. The molecule has 0 heterocycles. The summed E-state index contributed by atoms with van der Waals surface area (Å²) >= 11 is 0. The summed E-state index contributed by atoms with van der Waals surface area (Å²) in [6.07, 6.45) is 1.48. The second-order valence-electron chi connectivity index (χ2n) is 4.56. The minimum atomic E-state index is 0.121. The van der Waals surface area contributed by atoms with Crippen LogP contribution in [0, 0.1) is 0 Å². The average molecular weight is 263 g/mol. The van der Waals surface area contributed by atoms with Gasteiger partial charge in [-0.1, -0.05) is 32.0 Å². The smallest absolute Gasteiger partial charge is 0.240 e. The van der Waals surface area contributed by atoms with Crippen LogP contribution in [-0.2, 0) is 4.79 Å². The molecule has 0 saturated heterocycles. The van der Waals surface area contributed by atoms with E-state index in [2.05, 4.69) is 24.2 Å². The van der Waals surface area contributed by atoms with Gasteiger partial charge in [-0.15, -0.1) is 0 Å². The van der Waals surface area contributed by atoms with Crippen molar-refractivity contribution in [1.29, 1.82) is 0 Å². The van der Waals surface area contributed by atoms with Gasteiger partial charge in [0.1, 0.15) is 0 Å². The van der Waals surface area contributed by atoms with Gasteiger partial charge in [-0.2, -0.15) is 0 Å². The van der Waals surface area contributed by atoms with Crippen molar-refractivity contribution in [2.75, 3.05) is 32.1 Å². The Kier molecular flexibility index (Phi) is 6.97. The van der Waals surface area contributed by atoms with E-state index in [1.807, 2.05) is 30.3 Å². The van der Waals surface area contributed by atoms with Crippen LogP contribution >= 0.6 is 0 Å². The second kappa shape index (κ2) is 8.53. The van der Waals surface area contributed by atoms with Gasteiger partial charge >= 0.3 is 0 Å². The minimum Gasteiger partial charge on any atom is -0.304 e. The van der Waals surface area contributed by atoms with E-state index in [1.165, 1.54) is 0 Å². The SMILES string of the molecule is CCN(CC)CCCC(=O)N(C)Nc1ccccc1. The number of carbonyl (C=O) groups excluding carboxylic acids is 1. The van der Waals surface area contributed by atoms with Crippen molar-refractivity contribution < 1.29 is 4.79 Å². The first-order valence-electron chi connectivity index (χ1n) is 6.98. The van der Waals surface area contributed by atoms with Crippen LogP contribution in [0.3, 0.4) is 0 Å². The van der Waals surface area contributed by atoms with E-state index < -0.39 is 0 Å². The van der Waals surface area contributed by atoms with Crippen LogP contribution in [0.2, 0.25) is 0 Å². The van der Waals surface area contributed by atoms with Crippen LogP contribution in [0.1, 0.15) is 26.7 Å². The molecule has 0 atom stereocenters. The highest BCUT2D eigenvalue weighted by Gasteiger charge is 2.09. The molecule has 0 radical (unpaired) electrons. The lowest BCUT2D eigenvalue weighted by atomic mass is 10.2. The average Bonchev–Trinajstić information content (AvgIpc) is 2.44. The highest BCUT2D eigenvalue weighted by atomic mass is 16.2. The molecule has 0 aliphatic heterocycles. The molecule has 0 aliphatic rings. The van der Waals surface area contributed by atoms with E-state index in [0.29, 0.717) is 6.42 Å². The van der Waals surface area contributed by atoms with E-state index in [4.69, 9.17) is 0 Å². The lowest BCUT2D eigenvalue weighted by Gasteiger charge is -2.21. The van der Waals surface area contributed by atoms with E-state index in [1.54, 1.807) is 12.1 Å². The molecule has 0 aromatic heterocycles. The molecular weight excluding hydrogens is 238 g/mol. The number of nitrogens with one attached hydrogen (secondary N) is 1. The van der Waals surface area contributed by atoms with Gasteiger partial charge in [0.05, 0.1) is 5.69 Å². The molecule has 0 fully saturated rings. The summed E-state index contributed by atoms with van der Waals surface area (Å²) in [6.45, 7) is 7.37. The number of carbonyl (C=O) groups is 1. The maximum absolute atomic E-state index is 12.0. The van der Waals surface area contributed by atoms with Crippen LogP contribution in [0.5, 0.6) is 0 Å². The number of benzene rings is 1. The lowest BCUT2D eigenvalue weighted by Crippen LogP contribution is -2.33. The van der Waals surface area contributed by atoms with Crippen molar-refractivity contribution in [3.05, 3.63) is 30.3 Å². The number of hydrogen-bond donors (Lipinski definition) is 1. The van der Waals surface area contributed by atoms with Crippen molar-refractivity contribution in [2.24, 2.45) is 0 Å². The number of para-hydroxylation sites is 1. The Morgan fingerprint density at radius 1 is 1.16 bits per heavy atom. The summed E-state index contributed by atoms with van der Waals surface area (Å²) < 4.78 is 0. The first-order chi connectivity index (χ1) is 9.17. The molecule has 106 valence electrons. The third-order valence-electron chi connectivity index (χ3n) is 3.20. The zero-order valence-corrected chi connectivity index (χ0v) is 12.2. The zero-order chi connectivity index (χ0) is 14.1. The largest absolute Gasteiger partial charge is 0.304 e. The van der Waals surface area contributed by atoms with Crippen molar-refractivity contribution >= 4 is 11.6 Å². The Morgan fingerprint density at radius 2 is 1.79 bits per heavy atom. The maximum Gasteiger partial charge on any atom is 0.240 e. The van der Waals surface area contributed by atoms with E-state index in [0.717, 1.165) is 31.7 Å². The fourth-order valence-electron chi connectivity index (χ4n) is 1.93. The Balaban J connectivity index is 2.29. The van der Waals surface area contributed by atoms with Crippen molar-refractivity contribution in [3.8, 4) is 0 Å². The van der Waals surface area contributed by atoms with E-state index in [-0.39, 0.29) is 5.91 Å². The highest BCUT2D eigenvalue weighted by Crippen LogP contribution is 2.07. The van der Waals surface area contributed by atoms with Gasteiger partial charge in [0.2, 0.25) is 5.91 Å². The Bertz CT molecular complexity index is 363. The Morgan fingerprint density at radius 3 is 2.37 bits per heavy atom.